The Hall–Kier alpha value is -2.48. The standard InChI is InChI=1S/C17H17FO/c1-5-9-10-11-14(6-2)17(19)15(7-3)12-13-16(18)8-4/h5-13H,1-4H2/b10-9-,14-11+,15-12+,16-13+. The number of carbonyl (C=O) groups is 1. The smallest absolute Gasteiger partial charge is 0.192 e. The predicted molar refractivity (Wildman–Crippen MR) is 80.3 cm³/mol. The number of halogens is 1. The summed E-state index contributed by atoms with van der Waals surface area (Å²) in [4.78, 5) is 12.1. The zero-order valence-corrected chi connectivity index (χ0v) is 10.8. The Morgan fingerprint density at radius 3 is 1.84 bits per heavy atom. The zero-order chi connectivity index (χ0) is 14.7. The minimum absolute atomic E-state index is 0.273. The van der Waals surface area contributed by atoms with Gasteiger partial charge in [-0.15, -0.1) is 0 Å². The molecule has 19 heavy (non-hydrogen) atoms. The summed E-state index contributed by atoms with van der Waals surface area (Å²) in [6.45, 7) is 13.9. The molecule has 0 bridgehead atoms. The first-order valence-electron chi connectivity index (χ1n) is 5.59. The van der Waals surface area contributed by atoms with Crippen LogP contribution >= 0.6 is 0 Å². The minimum Gasteiger partial charge on any atom is -0.289 e. The van der Waals surface area contributed by atoms with Crippen LogP contribution in [0.5, 0.6) is 0 Å². The Balaban J connectivity index is 5.32. The molecule has 0 heterocycles. The van der Waals surface area contributed by atoms with E-state index in [2.05, 4.69) is 26.3 Å². The van der Waals surface area contributed by atoms with Gasteiger partial charge in [0.1, 0.15) is 5.83 Å². The Morgan fingerprint density at radius 2 is 1.37 bits per heavy atom. The van der Waals surface area contributed by atoms with E-state index in [-0.39, 0.29) is 11.4 Å². The summed E-state index contributed by atoms with van der Waals surface area (Å²) in [6.07, 6.45) is 12.9. The van der Waals surface area contributed by atoms with E-state index >= 15 is 0 Å². The molecule has 0 N–H and O–H groups in total. The number of carbonyl (C=O) groups excluding carboxylic acids is 1. The lowest BCUT2D eigenvalue weighted by molar-refractivity contribution is -0.111. The van der Waals surface area contributed by atoms with Crippen molar-refractivity contribution in [1.82, 2.24) is 0 Å². The fraction of sp³-hybridized carbons (Fsp3) is 0. The molecule has 0 aromatic heterocycles. The molecule has 0 atom stereocenters. The van der Waals surface area contributed by atoms with E-state index in [1.807, 2.05) is 0 Å². The highest BCUT2D eigenvalue weighted by atomic mass is 19.1. The monoisotopic (exact) mass is 256 g/mol. The fourth-order valence-electron chi connectivity index (χ4n) is 1.11. The second-order valence-electron chi connectivity index (χ2n) is 3.36. The molecule has 0 spiro atoms. The lowest BCUT2D eigenvalue weighted by Gasteiger charge is -2.00. The van der Waals surface area contributed by atoms with E-state index in [4.69, 9.17) is 0 Å². The van der Waals surface area contributed by atoms with E-state index in [1.54, 1.807) is 24.3 Å². The summed E-state index contributed by atoms with van der Waals surface area (Å²) in [5, 5.41) is 0. The third-order valence-electron chi connectivity index (χ3n) is 2.10. The molecule has 0 aromatic carbocycles. The number of Topliss-reactive ketones (excluding diaryl/α,β-unsaturated/α-hetero) is 1. The first-order valence-corrected chi connectivity index (χ1v) is 5.59. The Labute approximate surface area is 113 Å². The molecule has 0 saturated heterocycles. The van der Waals surface area contributed by atoms with Crippen LogP contribution in [-0.2, 0) is 4.79 Å². The summed E-state index contributed by atoms with van der Waals surface area (Å²) in [7, 11) is 0. The molecule has 0 radical (unpaired) electrons. The highest BCUT2D eigenvalue weighted by Gasteiger charge is 2.08. The molecule has 0 unspecified atom stereocenters. The van der Waals surface area contributed by atoms with Crippen LogP contribution in [-0.4, -0.2) is 5.78 Å². The molecule has 0 saturated carbocycles. The molecule has 98 valence electrons. The topological polar surface area (TPSA) is 17.1 Å². The van der Waals surface area contributed by atoms with Crippen LogP contribution in [0.25, 0.3) is 0 Å². The highest BCUT2D eigenvalue weighted by molar-refractivity contribution is 6.12. The van der Waals surface area contributed by atoms with Gasteiger partial charge in [-0.1, -0.05) is 62.8 Å². The van der Waals surface area contributed by atoms with Crippen LogP contribution in [0.3, 0.4) is 0 Å². The summed E-state index contributed by atoms with van der Waals surface area (Å²) >= 11 is 0. The molecule has 0 rings (SSSR count). The van der Waals surface area contributed by atoms with Gasteiger partial charge in [-0.2, -0.15) is 0 Å². The third-order valence-corrected chi connectivity index (χ3v) is 2.10. The van der Waals surface area contributed by atoms with Crippen molar-refractivity contribution in [3.8, 4) is 0 Å². The van der Waals surface area contributed by atoms with Gasteiger partial charge in [-0.05, 0) is 18.2 Å². The fourth-order valence-corrected chi connectivity index (χ4v) is 1.11. The maximum atomic E-state index is 12.9. The second-order valence-corrected chi connectivity index (χ2v) is 3.36. The third kappa shape index (κ3) is 6.13. The molecule has 0 aliphatic heterocycles. The van der Waals surface area contributed by atoms with Crippen molar-refractivity contribution in [2.75, 3.05) is 0 Å². The van der Waals surface area contributed by atoms with Gasteiger partial charge in [0, 0.05) is 11.1 Å². The van der Waals surface area contributed by atoms with Crippen molar-refractivity contribution in [3.63, 3.8) is 0 Å². The molecule has 2 heteroatoms. The van der Waals surface area contributed by atoms with E-state index in [9.17, 15) is 9.18 Å². The maximum absolute atomic E-state index is 12.9. The van der Waals surface area contributed by atoms with Gasteiger partial charge in [0.25, 0.3) is 0 Å². The van der Waals surface area contributed by atoms with Gasteiger partial charge in [0.05, 0.1) is 0 Å². The molecule has 1 nitrogen and oxygen atoms in total. The van der Waals surface area contributed by atoms with Crippen molar-refractivity contribution >= 4 is 5.78 Å². The van der Waals surface area contributed by atoms with Crippen LogP contribution in [0.2, 0.25) is 0 Å². The number of rotatable bonds is 8. The minimum atomic E-state index is -0.525. The van der Waals surface area contributed by atoms with E-state index in [0.717, 1.165) is 12.2 Å². The molecule has 0 fully saturated rings. The Morgan fingerprint density at radius 1 is 0.789 bits per heavy atom. The predicted octanol–water partition coefficient (Wildman–Crippen LogP) is 4.56. The SMILES string of the molecule is C=C/C=C\C=C(/C=C)C(=O)/C(C=C)=C/C=C(/F)C=C. The Kier molecular flexibility index (Phi) is 8.29. The Bertz CT molecular complexity index is 499. The maximum Gasteiger partial charge on any atom is 0.192 e. The van der Waals surface area contributed by atoms with Gasteiger partial charge in [-0.3, -0.25) is 4.79 Å². The lowest BCUT2D eigenvalue weighted by Crippen LogP contribution is -2.02. The van der Waals surface area contributed by atoms with Crippen molar-refractivity contribution in [1.29, 1.82) is 0 Å². The average Bonchev–Trinajstić information content (AvgIpc) is 2.43. The highest BCUT2D eigenvalue weighted by Crippen LogP contribution is 2.10. The van der Waals surface area contributed by atoms with Crippen LogP contribution in [0.15, 0.2) is 98.0 Å². The van der Waals surface area contributed by atoms with Gasteiger partial charge in [-0.25, -0.2) is 4.39 Å². The van der Waals surface area contributed by atoms with Crippen molar-refractivity contribution in [3.05, 3.63) is 98.0 Å². The van der Waals surface area contributed by atoms with Gasteiger partial charge < -0.3 is 0 Å². The lowest BCUT2D eigenvalue weighted by atomic mass is 10.0. The first kappa shape index (κ1) is 16.5. The van der Waals surface area contributed by atoms with Crippen LogP contribution in [0, 0.1) is 0 Å². The van der Waals surface area contributed by atoms with Crippen LogP contribution in [0.1, 0.15) is 0 Å². The molecule has 0 amide bonds. The molecular formula is C17H17FO. The summed E-state index contributed by atoms with van der Waals surface area (Å²) in [5.41, 5.74) is 0.659. The summed E-state index contributed by atoms with van der Waals surface area (Å²) in [6, 6.07) is 0. The molecule has 0 aliphatic carbocycles. The molecule has 0 aliphatic rings. The summed E-state index contributed by atoms with van der Waals surface area (Å²) < 4.78 is 12.9. The van der Waals surface area contributed by atoms with Crippen LogP contribution < -0.4 is 0 Å². The van der Waals surface area contributed by atoms with Gasteiger partial charge in [0.15, 0.2) is 5.78 Å². The van der Waals surface area contributed by atoms with E-state index < -0.39 is 5.83 Å². The largest absolute Gasteiger partial charge is 0.289 e. The number of hydrogen-bond acceptors (Lipinski definition) is 1. The second kappa shape index (κ2) is 9.54. The zero-order valence-electron chi connectivity index (χ0n) is 10.8. The number of ketones is 1. The quantitative estimate of drug-likeness (QED) is 0.459. The van der Waals surface area contributed by atoms with Crippen molar-refractivity contribution < 1.29 is 9.18 Å². The van der Waals surface area contributed by atoms with E-state index in [1.165, 1.54) is 18.2 Å². The summed E-state index contributed by atoms with van der Waals surface area (Å²) in [5.74, 6) is -0.810. The number of hydrogen-bond donors (Lipinski definition) is 0. The van der Waals surface area contributed by atoms with Gasteiger partial charge in [0.2, 0.25) is 0 Å². The molecular weight excluding hydrogens is 239 g/mol. The first-order chi connectivity index (χ1) is 9.10. The van der Waals surface area contributed by atoms with E-state index in [0.29, 0.717) is 5.57 Å². The molecule has 0 aromatic rings. The number of allylic oxidation sites excluding steroid dienone is 12. The van der Waals surface area contributed by atoms with Gasteiger partial charge >= 0.3 is 0 Å². The van der Waals surface area contributed by atoms with Crippen LogP contribution in [0.4, 0.5) is 4.39 Å². The normalized spacial score (nSPS) is 13.2. The van der Waals surface area contributed by atoms with Crippen molar-refractivity contribution in [2.24, 2.45) is 0 Å². The average molecular weight is 256 g/mol. The van der Waals surface area contributed by atoms with Crippen molar-refractivity contribution in [2.45, 2.75) is 0 Å².